The molecule has 41 heavy (non-hydrogen) atoms. The normalized spacial score (nSPS) is 13.6. The number of rotatable bonds is 14. The minimum atomic E-state index is -3.11. The van der Waals surface area contributed by atoms with Crippen LogP contribution in [-0.4, -0.2) is 67.8 Å². The van der Waals surface area contributed by atoms with Crippen LogP contribution in [-0.2, 0) is 30.4 Å². The van der Waals surface area contributed by atoms with E-state index in [0.717, 1.165) is 5.56 Å². The lowest BCUT2D eigenvalue weighted by Gasteiger charge is -2.46. The fourth-order valence-electron chi connectivity index (χ4n) is 4.68. The summed E-state index contributed by atoms with van der Waals surface area (Å²) in [6, 6.07) is 7.23. The SMILES string of the molecule is CC(C)C(NC(=O)C[Si](O)(C(C)(C)C)C(C)(C)C)C(=O)NCCC(=O)N[C@@H](Cc1ccccc1)C(=O)NCC(N)=O. The zero-order valence-corrected chi connectivity index (χ0v) is 26.7. The molecule has 0 saturated heterocycles. The molecule has 0 aliphatic carbocycles. The summed E-state index contributed by atoms with van der Waals surface area (Å²) >= 11 is 0. The molecule has 230 valence electrons. The maximum absolute atomic E-state index is 13.0. The number of benzene rings is 1. The summed E-state index contributed by atoms with van der Waals surface area (Å²) in [6.45, 7) is 14.8. The first-order valence-electron chi connectivity index (χ1n) is 14.0. The van der Waals surface area contributed by atoms with E-state index in [4.69, 9.17) is 5.73 Å². The molecule has 0 bridgehead atoms. The van der Waals surface area contributed by atoms with Gasteiger partial charge in [0, 0.05) is 25.4 Å². The zero-order chi connectivity index (χ0) is 31.6. The molecule has 0 aliphatic rings. The van der Waals surface area contributed by atoms with Gasteiger partial charge in [-0.05, 0) is 21.6 Å². The Morgan fingerprint density at radius 1 is 0.854 bits per heavy atom. The van der Waals surface area contributed by atoms with E-state index in [1.54, 1.807) is 13.8 Å². The molecule has 1 rings (SSSR count). The lowest BCUT2D eigenvalue weighted by atomic mass is 10.0. The van der Waals surface area contributed by atoms with Gasteiger partial charge in [0.1, 0.15) is 12.1 Å². The fraction of sp³-hybridized carbons (Fsp3) is 0.621. The van der Waals surface area contributed by atoms with E-state index in [2.05, 4.69) is 21.3 Å². The van der Waals surface area contributed by atoms with Crippen molar-refractivity contribution in [1.29, 1.82) is 0 Å². The molecular formula is C29H49N5O6Si. The molecule has 0 fully saturated rings. The van der Waals surface area contributed by atoms with Gasteiger partial charge in [-0.3, -0.25) is 24.0 Å². The maximum Gasteiger partial charge on any atom is 0.243 e. The fourth-order valence-corrected chi connectivity index (χ4v) is 8.56. The Hall–Kier alpha value is -3.25. The maximum atomic E-state index is 13.0. The standard InChI is InChI=1S/C29H49N5O6Si/c1-19(2)25(34-24(37)18-41(40,28(3,4)5)29(6,7)8)27(39)31-15-14-23(36)33-21(26(38)32-17-22(30)35)16-20-12-10-9-11-13-20/h9-13,19,21,25,40H,14-18H2,1-8H3,(H2,30,35)(H,31,39)(H,32,38)(H,33,36)(H,34,37)/t21-,25?/m0/s1. The van der Waals surface area contributed by atoms with Crippen molar-refractivity contribution in [3.8, 4) is 0 Å². The van der Waals surface area contributed by atoms with E-state index in [9.17, 15) is 28.8 Å². The van der Waals surface area contributed by atoms with Gasteiger partial charge in [0.05, 0.1) is 6.54 Å². The second-order valence-electron chi connectivity index (χ2n) is 12.9. The summed E-state index contributed by atoms with van der Waals surface area (Å²) in [4.78, 5) is 73.9. The van der Waals surface area contributed by atoms with Gasteiger partial charge in [0.2, 0.25) is 37.9 Å². The average molecular weight is 592 g/mol. The molecular weight excluding hydrogens is 542 g/mol. The number of primary amides is 1. The number of amides is 5. The van der Waals surface area contributed by atoms with Gasteiger partial charge in [0.25, 0.3) is 0 Å². The van der Waals surface area contributed by atoms with Crippen molar-refractivity contribution in [3.05, 3.63) is 35.9 Å². The molecule has 1 aromatic rings. The third-order valence-corrected chi connectivity index (χ3v) is 13.0. The van der Waals surface area contributed by atoms with Gasteiger partial charge in [0.15, 0.2) is 0 Å². The molecule has 12 heteroatoms. The lowest BCUT2D eigenvalue weighted by molar-refractivity contribution is -0.130. The molecule has 0 heterocycles. The lowest BCUT2D eigenvalue weighted by Crippen LogP contribution is -2.57. The summed E-state index contributed by atoms with van der Waals surface area (Å²) in [6.07, 6.45) is 0.0867. The van der Waals surface area contributed by atoms with E-state index >= 15 is 0 Å². The topological polar surface area (TPSA) is 180 Å². The Balaban J connectivity index is 2.79. The highest BCUT2D eigenvalue weighted by atomic mass is 28.4. The summed E-state index contributed by atoms with van der Waals surface area (Å²) in [5.74, 6) is -2.81. The second-order valence-corrected chi connectivity index (χ2v) is 17.9. The Morgan fingerprint density at radius 3 is 1.90 bits per heavy atom. The van der Waals surface area contributed by atoms with Crippen LogP contribution < -0.4 is 27.0 Å². The van der Waals surface area contributed by atoms with Gasteiger partial charge >= 0.3 is 0 Å². The second kappa shape index (κ2) is 15.1. The van der Waals surface area contributed by atoms with Crippen LogP contribution in [0.3, 0.4) is 0 Å². The van der Waals surface area contributed by atoms with Gasteiger partial charge in [-0.15, -0.1) is 0 Å². The van der Waals surface area contributed by atoms with Crippen molar-refractivity contribution >= 4 is 37.9 Å². The smallest absolute Gasteiger partial charge is 0.243 e. The highest BCUT2D eigenvalue weighted by molar-refractivity contribution is 6.80. The van der Waals surface area contributed by atoms with Crippen molar-refractivity contribution in [2.24, 2.45) is 11.7 Å². The first-order chi connectivity index (χ1) is 18.8. The molecule has 0 spiro atoms. The van der Waals surface area contributed by atoms with Crippen LogP contribution in [0.2, 0.25) is 16.1 Å². The minimum Gasteiger partial charge on any atom is -0.430 e. The van der Waals surface area contributed by atoms with Crippen molar-refractivity contribution in [2.45, 2.75) is 96.4 Å². The van der Waals surface area contributed by atoms with E-state index in [0.29, 0.717) is 0 Å². The largest absolute Gasteiger partial charge is 0.430 e. The van der Waals surface area contributed by atoms with Crippen LogP contribution in [0.1, 0.15) is 67.4 Å². The van der Waals surface area contributed by atoms with Crippen LogP contribution in [0.4, 0.5) is 0 Å². The number of carbonyl (C=O) groups is 5. The van der Waals surface area contributed by atoms with Crippen molar-refractivity contribution in [3.63, 3.8) is 0 Å². The number of hydrogen-bond donors (Lipinski definition) is 6. The number of nitrogens with one attached hydrogen (secondary N) is 4. The molecule has 0 saturated carbocycles. The van der Waals surface area contributed by atoms with Gasteiger partial charge in [-0.1, -0.05) is 85.7 Å². The Bertz CT molecular complexity index is 1050. The van der Waals surface area contributed by atoms with Crippen LogP contribution in [0, 0.1) is 5.92 Å². The molecule has 0 radical (unpaired) electrons. The van der Waals surface area contributed by atoms with Crippen LogP contribution in [0.5, 0.6) is 0 Å². The molecule has 1 aromatic carbocycles. The molecule has 0 aliphatic heterocycles. The molecule has 1 unspecified atom stereocenters. The first-order valence-corrected chi connectivity index (χ1v) is 16.1. The van der Waals surface area contributed by atoms with E-state index in [-0.39, 0.29) is 43.8 Å². The summed E-state index contributed by atoms with van der Waals surface area (Å²) in [5, 5.41) is 9.62. The van der Waals surface area contributed by atoms with Crippen molar-refractivity contribution in [1.82, 2.24) is 21.3 Å². The van der Waals surface area contributed by atoms with Crippen LogP contribution in [0.15, 0.2) is 30.3 Å². The third kappa shape index (κ3) is 11.3. The summed E-state index contributed by atoms with van der Waals surface area (Å²) in [5.41, 5.74) is 5.92. The van der Waals surface area contributed by atoms with E-state index in [1.165, 1.54) is 0 Å². The molecule has 11 nitrogen and oxygen atoms in total. The molecule has 5 amide bonds. The summed E-state index contributed by atoms with van der Waals surface area (Å²) < 4.78 is 0. The van der Waals surface area contributed by atoms with E-state index < -0.39 is 54.1 Å². The van der Waals surface area contributed by atoms with Crippen LogP contribution in [0.25, 0.3) is 0 Å². The number of carbonyl (C=O) groups excluding carboxylic acids is 5. The monoisotopic (exact) mass is 591 g/mol. The van der Waals surface area contributed by atoms with Crippen molar-refractivity contribution < 1.29 is 28.8 Å². The van der Waals surface area contributed by atoms with Crippen LogP contribution >= 0.6 is 0 Å². The third-order valence-electron chi connectivity index (χ3n) is 7.19. The molecule has 0 aromatic heterocycles. The van der Waals surface area contributed by atoms with E-state index in [1.807, 2.05) is 71.9 Å². The highest BCUT2D eigenvalue weighted by Crippen LogP contribution is 2.51. The van der Waals surface area contributed by atoms with Crippen molar-refractivity contribution in [2.75, 3.05) is 13.1 Å². The highest BCUT2D eigenvalue weighted by Gasteiger charge is 2.53. The zero-order valence-electron chi connectivity index (χ0n) is 25.7. The predicted octanol–water partition coefficient (Wildman–Crippen LogP) is 1.50. The first kappa shape index (κ1) is 35.8. The van der Waals surface area contributed by atoms with Gasteiger partial charge in [-0.25, -0.2) is 0 Å². The molecule has 2 atom stereocenters. The number of hydrogen-bond acceptors (Lipinski definition) is 6. The predicted molar refractivity (Wildman–Crippen MR) is 161 cm³/mol. The Kier molecular flexibility index (Phi) is 13.2. The average Bonchev–Trinajstić information content (AvgIpc) is 2.84. The minimum absolute atomic E-state index is 0.0204. The number of nitrogens with two attached hydrogens (primary N) is 1. The Morgan fingerprint density at radius 2 is 1.41 bits per heavy atom. The quantitative estimate of drug-likeness (QED) is 0.178. The molecule has 7 N–H and O–H groups in total. The Labute approximate surface area is 244 Å². The van der Waals surface area contributed by atoms with Gasteiger partial charge in [-0.2, -0.15) is 0 Å². The summed E-state index contributed by atoms with van der Waals surface area (Å²) in [7, 11) is -3.11. The van der Waals surface area contributed by atoms with Gasteiger partial charge < -0.3 is 31.8 Å².